The molecule has 0 saturated heterocycles. The van der Waals surface area contributed by atoms with Crippen molar-refractivity contribution in [2.75, 3.05) is 4.72 Å². The highest BCUT2D eigenvalue weighted by molar-refractivity contribution is 7.92. The van der Waals surface area contributed by atoms with E-state index < -0.39 is 16.0 Å². The fourth-order valence-corrected chi connectivity index (χ4v) is 3.50. The van der Waals surface area contributed by atoms with Gasteiger partial charge < -0.3 is 9.84 Å². The van der Waals surface area contributed by atoms with Crippen molar-refractivity contribution >= 4 is 21.7 Å². The molecule has 3 rings (SSSR count). The molecule has 0 atom stereocenters. The molecule has 0 spiro atoms. The highest BCUT2D eigenvalue weighted by atomic mass is 32.2. The van der Waals surface area contributed by atoms with Crippen LogP contribution in [0.2, 0.25) is 0 Å². The van der Waals surface area contributed by atoms with Crippen molar-refractivity contribution in [3.05, 3.63) is 90.0 Å². The summed E-state index contributed by atoms with van der Waals surface area (Å²) in [6.45, 7) is 0.372. The number of hydrogen-bond donors (Lipinski definition) is 2. The van der Waals surface area contributed by atoms with Gasteiger partial charge in [0.1, 0.15) is 12.4 Å². The van der Waals surface area contributed by atoms with Crippen LogP contribution in [0.4, 0.5) is 5.69 Å². The SMILES string of the molecule is O=C(O)c1ccccc1NS(=O)(=O)c1ccc(OCc2ccccc2)cc1. The number of carboxylic acid groups (broad SMARTS) is 1. The summed E-state index contributed by atoms with van der Waals surface area (Å²) in [5, 5.41) is 9.17. The zero-order valence-electron chi connectivity index (χ0n) is 14.2. The molecule has 7 heteroatoms. The van der Waals surface area contributed by atoms with Crippen LogP contribution in [0.25, 0.3) is 0 Å². The molecule has 0 saturated carbocycles. The molecule has 0 aliphatic carbocycles. The first-order valence-electron chi connectivity index (χ1n) is 8.08. The van der Waals surface area contributed by atoms with E-state index in [-0.39, 0.29) is 16.1 Å². The Kier molecular flexibility index (Phi) is 5.42. The summed E-state index contributed by atoms with van der Waals surface area (Å²) in [4.78, 5) is 11.2. The molecule has 2 N–H and O–H groups in total. The summed E-state index contributed by atoms with van der Waals surface area (Å²) < 4.78 is 33.0. The predicted molar refractivity (Wildman–Crippen MR) is 101 cm³/mol. The molecule has 0 aliphatic rings. The molecule has 0 amide bonds. The van der Waals surface area contributed by atoms with E-state index >= 15 is 0 Å². The first-order valence-corrected chi connectivity index (χ1v) is 9.56. The third-order valence-electron chi connectivity index (χ3n) is 3.78. The fraction of sp³-hybridized carbons (Fsp3) is 0.0500. The molecule has 0 aromatic heterocycles. The first-order chi connectivity index (χ1) is 13.0. The second-order valence-electron chi connectivity index (χ2n) is 5.70. The molecule has 0 heterocycles. The predicted octanol–water partition coefficient (Wildman–Crippen LogP) is 3.76. The molecule has 0 aliphatic heterocycles. The second-order valence-corrected chi connectivity index (χ2v) is 7.38. The maximum absolute atomic E-state index is 12.5. The summed E-state index contributed by atoms with van der Waals surface area (Å²) in [5.74, 6) is -0.679. The fourth-order valence-electron chi connectivity index (χ4n) is 2.42. The van der Waals surface area contributed by atoms with Gasteiger partial charge in [0.2, 0.25) is 0 Å². The maximum atomic E-state index is 12.5. The average molecular weight is 383 g/mol. The molecule has 0 bridgehead atoms. The lowest BCUT2D eigenvalue weighted by atomic mass is 10.2. The summed E-state index contributed by atoms with van der Waals surface area (Å²) >= 11 is 0. The van der Waals surface area contributed by atoms with Gasteiger partial charge in [-0.3, -0.25) is 4.72 Å². The number of sulfonamides is 1. The highest BCUT2D eigenvalue weighted by Crippen LogP contribution is 2.22. The van der Waals surface area contributed by atoms with Crippen LogP contribution >= 0.6 is 0 Å². The first kappa shape index (κ1) is 18.5. The standard InChI is InChI=1S/C20H17NO5S/c22-20(23)18-8-4-5-9-19(18)21-27(24,25)17-12-10-16(11-13-17)26-14-15-6-2-1-3-7-15/h1-13,21H,14H2,(H,22,23). The van der Waals surface area contributed by atoms with Gasteiger partial charge in [-0.15, -0.1) is 0 Å². The monoisotopic (exact) mass is 383 g/mol. The number of nitrogens with one attached hydrogen (secondary N) is 1. The van der Waals surface area contributed by atoms with Crippen molar-refractivity contribution in [2.45, 2.75) is 11.5 Å². The van der Waals surface area contributed by atoms with Crippen LogP contribution in [0.15, 0.2) is 83.8 Å². The van der Waals surface area contributed by atoms with Gasteiger partial charge in [0.05, 0.1) is 16.1 Å². The van der Waals surface area contributed by atoms with Gasteiger partial charge in [-0.25, -0.2) is 13.2 Å². The van der Waals surface area contributed by atoms with E-state index in [2.05, 4.69) is 4.72 Å². The third-order valence-corrected chi connectivity index (χ3v) is 5.17. The third kappa shape index (κ3) is 4.65. The van der Waals surface area contributed by atoms with Crippen LogP contribution in [-0.2, 0) is 16.6 Å². The Morgan fingerprint density at radius 3 is 2.19 bits per heavy atom. The van der Waals surface area contributed by atoms with E-state index in [1.807, 2.05) is 30.3 Å². The van der Waals surface area contributed by atoms with Crippen LogP contribution in [0.1, 0.15) is 15.9 Å². The molecule has 0 fully saturated rings. The number of carboxylic acids is 1. The van der Waals surface area contributed by atoms with Crippen molar-refractivity contribution in [1.29, 1.82) is 0 Å². The Hall–Kier alpha value is -3.32. The molecule has 6 nitrogen and oxygen atoms in total. The normalized spacial score (nSPS) is 11.0. The number of anilines is 1. The molecule has 0 unspecified atom stereocenters. The molecular formula is C20H17NO5S. The number of rotatable bonds is 7. The minimum Gasteiger partial charge on any atom is -0.489 e. The molecule has 0 radical (unpaired) electrons. The van der Waals surface area contributed by atoms with E-state index in [9.17, 15) is 18.3 Å². The average Bonchev–Trinajstić information content (AvgIpc) is 2.67. The van der Waals surface area contributed by atoms with E-state index in [1.54, 1.807) is 18.2 Å². The lowest BCUT2D eigenvalue weighted by Crippen LogP contribution is -2.15. The Bertz CT molecular complexity index is 1030. The summed E-state index contributed by atoms with van der Waals surface area (Å²) in [5.41, 5.74) is 0.888. The summed E-state index contributed by atoms with van der Waals surface area (Å²) in [6, 6.07) is 21.4. The van der Waals surface area contributed by atoms with Crippen LogP contribution in [0, 0.1) is 0 Å². The van der Waals surface area contributed by atoms with E-state index in [0.29, 0.717) is 12.4 Å². The minimum atomic E-state index is -3.92. The lowest BCUT2D eigenvalue weighted by Gasteiger charge is -2.11. The van der Waals surface area contributed by atoms with Crippen molar-refractivity contribution < 1.29 is 23.1 Å². The number of ether oxygens (including phenoxy) is 1. The van der Waals surface area contributed by atoms with E-state index in [1.165, 1.54) is 30.3 Å². The maximum Gasteiger partial charge on any atom is 0.337 e. The largest absolute Gasteiger partial charge is 0.489 e. The highest BCUT2D eigenvalue weighted by Gasteiger charge is 2.18. The molecular weight excluding hydrogens is 366 g/mol. The van der Waals surface area contributed by atoms with Crippen molar-refractivity contribution in [3.8, 4) is 5.75 Å². The summed E-state index contributed by atoms with van der Waals surface area (Å²) in [7, 11) is -3.92. The van der Waals surface area contributed by atoms with Gasteiger partial charge in [-0.2, -0.15) is 0 Å². The number of carbonyl (C=O) groups is 1. The second kappa shape index (κ2) is 7.92. The van der Waals surface area contributed by atoms with Crippen LogP contribution < -0.4 is 9.46 Å². The van der Waals surface area contributed by atoms with Gasteiger partial charge in [0.15, 0.2) is 0 Å². The molecule has 3 aromatic carbocycles. The van der Waals surface area contributed by atoms with Crippen LogP contribution in [0.5, 0.6) is 5.75 Å². The van der Waals surface area contributed by atoms with Gasteiger partial charge in [-0.05, 0) is 42.0 Å². The Morgan fingerprint density at radius 1 is 0.889 bits per heavy atom. The van der Waals surface area contributed by atoms with E-state index in [0.717, 1.165) is 5.56 Å². The molecule has 138 valence electrons. The minimum absolute atomic E-state index is 0.00871. The van der Waals surface area contributed by atoms with Crippen LogP contribution in [0.3, 0.4) is 0 Å². The molecule has 27 heavy (non-hydrogen) atoms. The van der Waals surface area contributed by atoms with Crippen molar-refractivity contribution in [3.63, 3.8) is 0 Å². The number of benzene rings is 3. The number of para-hydroxylation sites is 1. The van der Waals surface area contributed by atoms with Crippen LogP contribution in [-0.4, -0.2) is 19.5 Å². The smallest absolute Gasteiger partial charge is 0.337 e. The number of hydrogen-bond acceptors (Lipinski definition) is 4. The van der Waals surface area contributed by atoms with Gasteiger partial charge in [-0.1, -0.05) is 42.5 Å². The Balaban J connectivity index is 1.73. The Morgan fingerprint density at radius 2 is 1.52 bits per heavy atom. The zero-order chi connectivity index (χ0) is 19.3. The van der Waals surface area contributed by atoms with E-state index in [4.69, 9.17) is 4.74 Å². The molecule has 3 aromatic rings. The van der Waals surface area contributed by atoms with Crippen molar-refractivity contribution in [2.24, 2.45) is 0 Å². The quantitative estimate of drug-likeness (QED) is 0.648. The zero-order valence-corrected chi connectivity index (χ0v) is 15.0. The van der Waals surface area contributed by atoms with Crippen molar-refractivity contribution in [1.82, 2.24) is 0 Å². The summed E-state index contributed by atoms with van der Waals surface area (Å²) in [6.07, 6.45) is 0. The number of aromatic carboxylic acids is 1. The van der Waals surface area contributed by atoms with Gasteiger partial charge >= 0.3 is 5.97 Å². The van der Waals surface area contributed by atoms with Gasteiger partial charge in [0, 0.05) is 0 Å². The lowest BCUT2D eigenvalue weighted by molar-refractivity contribution is 0.0698. The topological polar surface area (TPSA) is 92.7 Å². The Labute approximate surface area is 157 Å². The van der Waals surface area contributed by atoms with Gasteiger partial charge in [0.25, 0.3) is 10.0 Å².